The van der Waals surface area contributed by atoms with Crippen LogP contribution in [0.15, 0.2) is 42.5 Å². The number of benzene rings is 1. The number of pyridine rings is 1. The van der Waals surface area contributed by atoms with Crippen LogP contribution in [0.4, 0.5) is 18.9 Å². The van der Waals surface area contributed by atoms with E-state index < -0.39 is 11.9 Å². The lowest BCUT2D eigenvalue weighted by Gasteiger charge is -2.07. The molecule has 2 heterocycles. The Balaban J connectivity index is 1.59. The summed E-state index contributed by atoms with van der Waals surface area (Å²) in [4.78, 5) is 16.7. The minimum absolute atomic E-state index is 0.221. The summed E-state index contributed by atoms with van der Waals surface area (Å²) in [6.07, 6.45) is -3.78. The second-order valence-corrected chi connectivity index (χ2v) is 7.00. The number of rotatable bonds is 6. The van der Waals surface area contributed by atoms with Gasteiger partial charge in [0.05, 0.1) is 4.88 Å². The van der Waals surface area contributed by atoms with E-state index in [0.717, 1.165) is 29.5 Å². The van der Waals surface area contributed by atoms with Gasteiger partial charge in [0.2, 0.25) is 0 Å². The van der Waals surface area contributed by atoms with Gasteiger partial charge in [0.25, 0.3) is 5.91 Å². The lowest BCUT2D eigenvalue weighted by Crippen LogP contribution is -2.25. The number of thiophene rings is 1. The molecule has 4 nitrogen and oxygen atoms in total. The summed E-state index contributed by atoms with van der Waals surface area (Å²) in [5.41, 5.74) is 0.710. The lowest BCUT2D eigenvalue weighted by molar-refractivity contribution is -0.140. The summed E-state index contributed by atoms with van der Waals surface area (Å²) in [6.45, 7) is 2.89. The second kappa shape index (κ2) is 7.96. The number of aryl methyl sites for hydroxylation is 1. The van der Waals surface area contributed by atoms with Gasteiger partial charge in [-0.1, -0.05) is 18.2 Å². The van der Waals surface area contributed by atoms with Crippen molar-refractivity contribution in [2.75, 3.05) is 18.4 Å². The van der Waals surface area contributed by atoms with Gasteiger partial charge in [-0.05, 0) is 43.2 Å². The monoisotopic (exact) mass is 393 g/mol. The highest BCUT2D eigenvalue weighted by Crippen LogP contribution is 2.34. The fourth-order valence-corrected chi connectivity index (χ4v) is 3.73. The molecule has 142 valence electrons. The fraction of sp³-hybridized carbons (Fsp3) is 0.263. The first kappa shape index (κ1) is 19.2. The number of fused-ring (bicyclic) bond motifs is 1. The molecule has 3 aromatic rings. The minimum atomic E-state index is -4.50. The third-order valence-corrected chi connectivity index (χ3v) is 5.24. The Kier molecular flexibility index (Phi) is 5.65. The number of alkyl halides is 3. The minimum Gasteiger partial charge on any atom is -0.385 e. The maximum Gasteiger partial charge on any atom is 0.433 e. The van der Waals surface area contributed by atoms with Crippen molar-refractivity contribution in [1.29, 1.82) is 0 Å². The van der Waals surface area contributed by atoms with Gasteiger partial charge in [-0.25, -0.2) is 4.98 Å². The Hall–Kier alpha value is -2.61. The predicted octanol–water partition coefficient (Wildman–Crippen LogP) is 4.86. The molecule has 2 aromatic heterocycles. The van der Waals surface area contributed by atoms with Crippen LogP contribution in [-0.2, 0) is 6.18 Å². The van der Waals surface area contributed by atoms with Crippen molar-refractivity contribution in [2.45, 2.75) is 19.5 Å². The highest BCUT2D eigenvalue weighted by Gasteiger charge is 2.33. The molecule has 1 amide bonds. The standard InChI is InChI=1S/C19H18F3N3OS/c1-12-14-8-9-15(19(20,21)22)25-18(14)27-16(12)17(26)24-11-5-10-23-13-6-3-2-4-7-13/h2-4,6-9,23H,5,10-11H2,1H3,(H,24,26). The first-order valence-electron chi connectivity index (χ1n) is 8.41. The van der Waals surface area contributed by atoms with Crippen molar-refractivity contribution < 1.29 is 18.0 Å². The number of aromatic nitrogens is 1. The number of nitrogens with zero attached hydrogens (tertiary/aromatic N) is 1. The summed E-state index contributed by atoms with van der Waals surface area (Å²) < 4.78 is 38.4. The summed E-state index contributed by atoms with van der Waals surface area (Å²) >= 11 is 0.984. The van der Waals surface area contributed by atoms with Crippen LogP contribution in [0.25, 0.3) is 10.2 Å². The molecule has 0 aliphatic rings. The van der Waals surface area contributed by atoms with E-state index in [1.165, 1.54) is 6.07 Å². The Morgan fingerprint density at radius 1 is 1.11 bits per heavy atom. The van der Waals surface area contributed by atoms with Gasteiger partial charge < -0.3 is 10.6 Å². The number of nitrogens with one attached hydrogen (secondary N) is 2. The van der Waals surface area contributed by atoms with E-state index in [1.54, 1.807) is 6.92 Å². The van der Waals surface area contributed by atoms with Crippen LogP contribution in [0.1, 0.15) is 27.3 Å². The van der Waals surface area contributed by atoms with Crippen molar-refractivity contribution in [2.24, 2.45) is 0 Å². The molecule has 0 radical (unpaired) electrons. The molecule has 0 aliphatic carbocycles. The predicted molar refractivity (Wildman–Crippen MR) is 101 cm³/mol. The van der Waals surface area contributed by atoms with E-state index in [1.807, 2.05) is 30.3 Å². The van der Waals surface area contributed by atoms with Crippen LogP contribution in [-0.4, -0.2) is 24.0 Å². The van der Waals surface area contributed by atoms with Crippen LogP contribution >= 0.6 is 11.3 Å². The molecule has 1 aromatic carbocycles. The van der Waals surface area contributed by atoms with E-state index in [9.17, 15) is 18.0 Å². The first-order chi connectivity index (χ1) is 12.9. The molecule has 0 spiro atoms. The number of carbonyl (C=O) groups is 1. The van der Waals surface area contributed by atoms with Gasteiger partial charge in [-0.3, -0.25) is 4.79 Å². The molecule has 27 heavy (non-hydrogen) atoms. The van der Waals surface area contributed by atoms with Crippen LogP contribution in [0.2, 0.25) is 0 Å². The smallest absolute Gasteiger partial charge is 0.385 e. The zero-order valence-corrected chi connectivity index (χ0v) is 15.4. The number of carbonyl (C=O) groups excluding carboxylic acids is 1. The van der Waals surface area contributed by atoms with Crippen molar-refractivity contribution in [1.82, 2.24) is 10.3 Å². The van der Waals surface area contributed by atoms with Crippen LogP contribution in [0, 0.1) is 6.92 Å². The molecule has 8 heteroatoms. The van der Waals surface area contributed by atoms with Gasteiger partial charge >= 0.3 is 6.18 Å². The summed E-state index contributed by atoms with van der Waals surface area (Å²) in [7, 11) is 0. The third-order valence-electron chi connectivity index (χ3n) is 4.04. The quantitative estimate of drug-likeness (QED) is 0.589. The third kappa shape index (κ3) is 4.57. The van der Waals surface area contributed by atoms with Crippen molar-refractivity contribution >= 4 is 33.1 Å². The summed E-state index contributed by atoms with van der Waals surface area (Å²) in [5.74, 6) is -0.288. The van der Waals surface area contributed by atoms with Gasteiger partial charge in [0.1, 0.15) is 10.5 Å². The molecule has 0 saturated heterocycles. The number of hydrogen-bond acceptors (Lipinski definition) is 4. The highest BCUT2D eigenvalue weighted by molar-refractivity contribution is 7.20. The van der Waals surface area contributed by atoms with E-state index in [0.29, 0.717) is 28.9 Å². The fourth-order valence-electron chi connectivity index (χ4n) is 2.63. The zero-order valence-electron chi connectivity index (χ0n) is 14.6. The van der Waals surface area contributed by atoms with E-state index in [-0.39, 0.29) is 10.7 Å². The Labute approximate surface area is 158 Å². The Morgan fingerprint density at radius 3 is 2.56 bits per heavy atom. The highest BCUT2D eigenvalue weighted by atomic mass is 32.1. The van der Waals surface area contributed by atoms with Crippen molar-refractivity contribution in [3.8, 4) is 0 Å². The lowest BCUT2D eigenvalue weighted by atomic mass is 10.2. The number of para-hydroxylation sites is 1. The topological polar surface area (TPSA) is 54.0 Å². The molecule has 0 atom stereocenters. The molecule has 0 fully saturated rings. The molecule has 0 aliphatic heterocycles. The second-order valence-electron chi connectivity index (χ2n) is 6.01. The average Bonchev–Trinajstić information content (AvgIpc) is 2.98. The molecule has 0 unspecified atom stereocenters. The number of halogens is 3. The van der Waals surface area contributed by atoms with Gasteiger partial charge in [0.15, 0.2) is 0 Å². The van der Waals surface area contributed by atoms with Gasteiger partial charge in [0, 0.05) is 24.2 Å². The van der Waals surface area contributed by atoms with Crippen molar-refractivity contribution in [3.63, 3.8) is 0 Å². The van der Waals surface area contributed by atoms with Crippen molar-refractivity contribution in [3.05, 3.63) is 58.6 Å². The maximum absolute atomic E-state index is 12.8. The number of amides is 1. The molecule has 0 saturated carbocycles. The van der Waals surface area contributed by atoms with E-state index in [2.05, 4.69) is 15.6 Å². The molecule has 3 rings (SSSR count). The Morgan fingerprint density at radius 2 is 1.85 bits per heavy atom. The summed E-state index contributed by atoms with van der Waals surface area (Å²) in [5, 5.41) is 6.63. The SMILES string of the molecule is Cc1c(C(=O)NCCCNc2ccccc2)sc2nc(C(F)(F)F)ccc12. The van der Waals surface area contributed by atoms with Crippen LogP contribution in [0.5, 0.6) is 0 Å². The molecule has 0 bridgehead atoms. The largest absolute Gasteiger partial charge is 0.433 e. The van der Waals surface area contributed by atoms with E-state index >= 15 is 0 Å². The molecular formula is C19H18F3N3OS. The maximum atomic E-state index is 12.8. The van der Waals surface area contributed by atoms with Gasteiger partial charge in [-0.2, -0.15) is 13.2 Å². The first-order valence-corrected chi connectivity index (χ1v) is 9.22. The van der Waals surface area contributed by atoms with Gasteiger partial charge in [-0.15, -0.1) is 11.3 Å². The van der Waals surface area contributed by atoms with Crippen LogP contribution < -0.4 is 10.6 Å². The number of hydrogen-bond donors (Lipinski definition) is 2. The summed E-state index contributed by atoms with van der Waals surface area (Å²) in [6, 6.07) is 12.0. The molecular weight excluding hydrogens is 375 g/mol. The average molecular weight is 393 g/mol. The van der Waals surface area contributed by atoms with E-state index in [4.69, 9.17) is 0 Å². The number of anilines is 1. The van der Waals surface area contributed by atoms with Crippen LogP contribution in [0.3, 0.4) is 0 Å². The Bertz CT molecular complexity index is 939. The molecule has 2 N–H and O–H groups in total. The normalized spacial score (nSPS) is 11.6. The zero-order chi connectivity index (χ0) is 19.4.